The lowest BCUT2D eigenvalue weighted by Crippen LogP contribution is -2.32. The fourth-order valence-electron chi connectivity index (χ4n) is 2.09. The van der Waals surface area contributed by atoms with E-state index in [-0.39, 0.29) is 6.61 Å². The lowest BCUT2D eigenvalue weighted by Gasteiger charge is -2.20. The molecule has 0 spiro atoms. The second-order valence-corrected chi connectivity index (χ2v) is 5.14. The van der Waals surface area contributed by atoms with E-state index in [0.717, 1.165) is 23.4 Å². The fraction of sp³-hybridized carbons (Fsp3) is 0.375. The minimum absolute atomic E-state index is 0.262. The van der Waals surface area contributed by atoms with Gasteiger partial charge in [0.2, 0.25) is 0 Å². The lowest BCUT2D eigenvalue weighted by atomic mass is 10.2. The van der Waals surface area contributed by atoms with Gasteiger partial charge in [-0.2, -0.15) is 0 Å². The van der Waals surface area contributed by atoms with Crippen molar-refractivity contribution in [3.8, 4) is 5.75 Å². The first-order valence-electron chi connectivity index (χ1n) is 6.97. The van der Waals surface area contributed by atoms with Gasteiger partial charge in [-0.15, -0.1) is 0 Å². The monoisotopic (exact) mass is 290 g/mol. The highest BCUT2D eigenvalue weighted by Crippen LogP contribution is 2.12. The van der Waals surface area contributed by atoms with Crippen molar-refractivity contribution in [2.45, 2.75) is 19.2 Å². The van der Waals surface area contributed by atoms with Gasteiger partial charge in [-0.25, -0.2) is 0 Å². The van der Waals surface area contributed by atoms with E-state index in [1.165, 1.54) is 0 Å². The van der Waals surface area contributed by atoms with Gasteiger partial charge < -0.3 is 20.0 Å². The number of benzene rings is 1. The molecule has 1 aromatic carbocycles. The molecule has 1 unspecified atom stereocenters. The normalized spacial score (nSPS) is 12.6. The molecule has 5 nitrogen and oxygen atoms in total. The Bertz CT molecular complexity index is 511. The van der Waals surface area contributed by atoms with Crippen molar-refractivity contribution in [1.29, 1.82) is 0 Å². The molecule has 2 rings (SSSR count). The number of hydrogen-bond acceptors (Lipinski definition) is 5. The Hall–Kier alpha value is -1.82. The van der Waals surface area contributed by atoms with Crippen LogP contribution in [-0.2, 0) is 13.1 Å². The third kappa shape index (κ3) is 5.23. The van der Waals surface area contributed by atoms with Crippen LogP contribution in [0.25, 0.3) is 0 Å². The third-order valence-electron chi connectivity index (χ3n) is 3.16. The van der Waals surface area contributed by atoms with Gasteiger partial charge >= 0.3 is 0 Å². The summed E-state index contributed by atoms with van der Waals surface area (Å²) in [5.74, 6) is 0.740. The second-order valence-electron chi connectivity index (χ2n) is 5.14. The Morgan fingerprint density at radius 1 is 1.24 bits per heavy atom. The number of likely N-dealkylation sites (N-methyl/N-ethyl adjacent to an activating group) is 1. The molecule has 0 saturated carbocycles. The van der Waals surface area contributed by atoms with E-state index in [1.54, 1.807) is 12.5 Å². The predicted molar refractivity (Wildman–Crippen MR) is 80.9 cm³/mol. The number of nitrogens with zero attached hydrogens (tertiary/aromatic N) is 1. The first kappa shape index (κ1) is 15.6. The van der Waals surface area contributed by atoms with E-state index in [9.17, 15) is 5.11 Å². The van der Waals surface area contributed by atoms with Crippen molar-refractivity contribution in [3.63, 3.8) is 0 Å². The topological polar surface area (TPSA) is 71.9 Å². The molecule has 0 amide bonds. The quantitative estimate of drug-likeness (QED) is 0.773. The minimum atomic E-state index is -0.545. The summed E-state index contributed by atoms with van der Waals surface area (Å²) in [6.07, 6.45) is 2.81. The van der Waals surface area contributed by atoms with Crippen LogP contribution in [0.3, 0.4) is 0 Å². The molecule has 3 N–H and O–H groups in total. The number of aliphatic hydroxyl groups is 1. The van der Waals surface area contributed by atoms with E-state index in [0.29, 0.717) is 13.1 Å². The standard InChI is InChI=1S/C16H22N2O3/c1-18(9-14-6-7-20-11-14)10-15(19)12-21-16-4-2-13(8-17)3-5-16/h2-7,11,15,19H,8-10,12,17H2,1H3. The SMILES string of the molecule is CN(Cc1ccoc1)CC(O)COc1ccc(CN)cc1. The summed E-state index contributed by atoms with van der Waals surface area (Å²) in [7, 11) is 1.95. The summed E-state index contributed by atoms with van der Waals surface area (Å²) in [5, 5.41) is 10.0. The van der Waals surface area contributed by atoms with E-state index in [4.69, 9.17) is 14.9 Å². The van der Waals surface area contributed by atoms with Crippen molar-refractivity contribution in [1.82, 2.24) is 4.90 Å². The van der Waals surface area contributed by atoms with Crippen molar-refractivity contribution in [2.75, 3.05) is 20.2 Å². The van der Waals surface area contributed by atoms with Crippen LogP contribution in [0.15, 0.2) is 47.3 Å². The van der Waals surface area contributed by atoms with E-state index in [1.807, 2.05) is 42.3 Å². The number of hydrogen-bond donors (Lipinski definition) is 2. The largest absolute Gasteiger partial charge is 0.491 e. The zero-order valence-corrected chi connectivity index (χ0v) is 12.2. The fourth-order valence-corrected chi connectivity index (χ4v) is 2.09. The van der Waals surface area contributed by atoms with Gasteiger partial charge in [0, 0.05) is 25.2 Å². The van der Waals surface area contributed by atoms with Gasteiger partial charge in [-0.1, -0.05) is 12.1 Å². The lowest BCUT2D eigenvalue weighted by molar-refractivity contribution is 0.0743. The number of furan rings is 1. The van der Waals surface area contributed by atoms with Gasteiger partial charge in [0.15, 0.2) is 0 Å². The molecule has 0 radical (unpaired) electrons. The first-order valence-corrected chi connectivity index (χ1v) is 6.97. The molecule has 0 saturated heterocycles. The van der Waals surface area contributed by atoms with Crippen molar-refractivity contribution >= 4 is 0 Å². The molecule has 2 aromatic rings. The third-order valence-corrected chi connectivity index (χ3v) is 3.16. The number of ether oxygens (including phenoxy) is 1. The van der Waals surface area contributed by atoms with Crippen LogP contribution in [0.5, 0.6) is 5.75 Å². The first-order chi connectivity index (χ1) is 10.2. The molecule has 0 aliphatic carbocycles. The molecular formula is C16H22N2O3. The van der Waals surface area contributed by atoms with Gasteiger partial charge in [0.05, 0.1) is 12.5 Å². The van der Waals surface area contributed by atoms with E-state index < -0.39 is 6.10 Å². The van der Waals surface area contributed by atoms with E-state index >= 15 is 0 Å². The maximum atomic E-state index is 10.0. The zero-order valence-electron chi connectivity index (χ0n) is 12.2. The molecule has 0 bridgehead atoms. The maximum Gasteiger partial charge on any atom is 0.119 e. The maximum absolute atomic E-state index is 10.0. The number of rotatable bonds is 8. The van der Waals surface area contributed by atoms with Crippen LogP contribution >= 0.6 is 0 Å². The van der Waals surface area contributed by atoms with Crippen LogP contribution in [-0.4, -0.2) is 36.3 Å². The Morgan fingerprint density at radius 3 is 2.62 bits per heavy atom. The Kier molecular flexibility index (Phi) is 5.80. The van der Waals surface area contributed by atoms with Gasteiger partial charge in [0.1, 0.15) is 18.5 Å². The minimum Gasteiger partial charge on any atom is -0.491 e. The van der Waals surface area contributed by atoms with Crippen molar-refractivity contribution in [2.24, 2.45) is 5.73 Å². The smallest absolute Gasteiger partial charge is 0.119 e. The summed E-state index contributed by atoms with van der Waals surface area (Å²) < 4.78 is 10.6. The Balaban J connectivity index is 1.72. The summed E-state index contributed by atoms with van der Waals surface area (Å²) >= 11 is 0. The highest BCUT2D eigenvalue weighted by Gasteiger charge is 2.10. The van der Waals surface area contributed by atoms with Crippen LogP contribution in [0.4, 0.5) is 0 Å². The number of nitrogens with two attached hydrogens (primary N) is 1. The average molecular weight is 290 g/mol. The summed E-state index contributed by atoms with van der Waals surface area (Å²) in [6.45, 7) is 2.05. The molecule has 1 atom stereocenters. The molecule has 0 aliphatic rings. The van der Waals surface area contributed by atoms with E-state index in [2.05, 4.69) is 0 Å². The molecular weight excluding hydrogens is 268 g/mol. The zero-order chi connectivity index (χ0) is 15.1. The average Bonchev–Trinajstić information content (AvgIpc) is 2.98. The van der Waals surface area contributed by atoms with Crippen LogP contribution in [0.2, 0.25) is 0 Å². The van der Waals surface area contributed by atoms with Crippen LogP contribution < -0.4 is 10.5 Å². The van der Waals surface area contributed by atoms with Gasteiger partial charge in [-0.05, 0) is 30.8 Å². The summed E-state index contributed by atoms with van der Waals surface area (Å²) in [5.41, 5.74) is 7.68. The molecule has 21 heavy (non-hydrogen) atoms. The van der Waals surface area contributed by atoms with Crippen LogP contribution in [0.1, 0.15) is 11.1 Å². The highest BCUT2D eigenvalue weighted by atomic mass is 16.5. The van der Waals surface area contributed by atoms with Crippen LogP contribution in [0, 0.1) is 0 Å². The molecule has 1 aromatic heterocycles. The predicted octanol–water partition coefficient (Wildman–Crippen LogP) is 1.61. The molecule has 1 heterocycles. The second kappa shape index (κ2) is 7.83. The molecule has 5 heteroatoms. The molecule has 0 aliphatic heterocycles. The molecule has 114 valence electrons. The van der Waals surface area contributed by atoms with Crippen molar-refractivity contribution in [3.05, 3.63) is 54.0 Å². The van der Waals surface area contributed by atoms with Crippen molar-refractivity contribution < 1.29 is 14.3 Å². The highest BCUT2D eigenvalue weighted by molar-refractivity contribution is 5.27. The van der Waals surface area contributed by atoms with Gasteiger partial charge in [-0.3, -0.25) is 4.90 Å². The molecule has 0 fully saturated rings. The summed E-state index contributed by atoms with van der Waals surface area (Å²) in [4.78, 5) is 2.02. The Morgan fingerprint density at radius 2 is 2.00 bits per heavy atom. The number of aliphatic hydroxyl groups excluding tert-OH is 1. The summed E-state index contributed by atoms with van der Waals surface area (Å²) in [6, 6.07) is 9.49. The van der Waals surface area contributed by atoms with Gasteiger partial charge in [0.25, 0.3) is 0 Å². The Labute approximate surface area is 124 Å².